The summed E-state index contributed by atoms with van der Waals surface area (Å²) in [6.07, 6.45) is 0. The van der Waals surface area contributed by atoms with Crippen molar-refractivity contribution >= 4 is 16.3 Å². The average molecular weight is 314 g/mol. The molecule has 5 nitrogen and oxygen atoms in total. The third-order valence-electron chi connectivity index (χ3n) is 3.42. The van der Waals surface area contributed by atoms with E-state index in [1.807, 2.05) is 19.9 Å². The Labute approximate surface area is 129 Å². The molecule has 0 unspecified atom stereocenters. The molecule has 0 amide bonds. The molecule has 0 N–H and O–H groups in total. The number of aromatic nitrogens is 4. The summed E-state index contributed by atoms with van der Waals surface area (Å²) in [4.78, 5) is 0.747. The Morgan fingerprint density at radius 2 is 1.91 bits per heavy atom. The fourth-order valence-corrected chi connectivity index (χ4v) is 3.22. The minimum atomic E-state index is -0.267. The number of furan rings is 1. The first-order valence-electron chi connectivity index (χ1n) is 6.67. The van der Waals surface area contributed by atoms with Gasteiger partial charge in [0, 0.05) is 5.56 Å². The molecular formula is C15H11FN4OS. The maximum Gasteiger partial charge on any atom is 0.234 e. The smallest absolute Gasteiger partial charge is 0.234 e. The van der Waals surface area contributed by atoms with Crippen LogP contribution in [0.1, 0.15) is 11.6 Å². The summed E-state index contributed by atoms with van der Waals surface area (Å²) < 4.78 is 20.5. The summed E-state index contributed by atoms with van der Waals surface area (Å²) in [5.74, 6) is 1.94. The maximum absolute atomic E-state index is 13.0. The Morgan fingerprint density at radius 1 is 1.14 bits per heavy atom. The van der Waals surface area contributed by atoms with Gasteiger partial charge in [0.25, 0.3) is 0 Å². The Hall–Kier alpha value is -2.54. The van der Waals surface area contributed by atoms with Crippen molar-refractivity contribution in [3.05, 3.63) is 47.7 Å². The monoisotopic (exact) mass is 314 g/mol. The predicted molar refractivity (Wildman–Crippen MR) is 81.2 cm³/mol. The van der Waals surface area contributed by atoms with Crippen LogP contribution < -0.4 is 0 Å². The lowest BCUT2D eigenvalue weighted by molar-refractivity contribution is 0.549. The number of benzene rings is 1. The summed E-state index contributed by atoms with van der Waals surface area (Å²) in [6, 6.07) is 8.14. The number of hydrogen-bond acceptors (Lipinski definition) is 5. The standard InChI is InChI=1S/C15H11FN4OS/c1-8-12(14-19-20-9(2)17-18-15(20)22-14)7-13(21-8)10-3-5-11(16)6-4-10/h3-7H,1-2H3. The number of nitrogens with zero attached hydrogens (tertiary/aromatic N) is 4. The van der Waals surface area contributed by atoms with Crippen LogP contribution >= 0.6 is 11.3 Å². The van der Waals surface area contributed by atoms with Crippen molar-refractivity contribution in [1.29, 1.82) is 0 Å². The van der Waals surface area contributed by atoms with Gasteiger partial charge in [-0.2, -0.15) is 9.61 Å². The molecule has 0 fully saturated rings. The van der Waals surface area contributed by atoms with Crippen LogP contribution in [0.2, 0.25) is 0 Å². The number of aryl methyl sites for hydroxylation is 2. The van der Waals surface area contributed by atoms with Crippen molar-refractivity contribution < 1.29 is 8.81 Å². The van der Waals surface area contributed by atoms with Gasteiger partial charge in [-0.25, -0.2) is 4.39 Å². The van der Waals surface area contributed by atoms with E-state index in [1.165, 1.54) is 23.5 Å². The lowest BCUT2D eigenvalue weighted by Crippen LogP contribution is -1.88. The van der Waals surface area contributed by atoms with Crippen molar-refractivity contribution in [2.45, 2.75) is 13.8 Å². The normalized spacial score (nSPS) is 11.4. The lowest BCUT2D eigenvalue weighted by Gasteiger charge is -1.95. The third kappa shape index (κ3) is 2.01. The predicted octanol–water partition coefficient (Wildman–Crippen LogP) is 3.87. The lowest BCUT2D eigenvalue weighted by atomic mass is 10.1. The highest BCUT2D eigenvalue weighted by atomic mass is 32.1. The molecule has 0 aliphatic carbocycles. The van der Waals surface area contributed by atoms with Gasteiger partial charge in [0.1, 0.15) is 17.3 Å². The van der Waals surface area contributed by atoms with Crippen LogP contribution in [-0.4, -0.2) is 19.8 Å². The van der Waals surface area contributed by atoms with Gasteiger partial charge >= 0.3 is 0 Å². The quantitative estimate of drug-likeness (QED) is 0.563. The highest BCUT2D eigenvalue weighted by Gasteiger charge is 2.16. The van der Waals surface area contributed by atoms with Crippen LogP contribution in [-0.2, 0) is 0 Å². The van der Waals surface area contributed by atoms with Crippen molar-refractivity contribution in [3.63, 3.8) is 0 Å². The molecule has 22 heavy (non-hydrogen) atoms. The number of rotatable bonds is 2. The second-order valence-corrected chi connectivity index (χ2v) is 5.89. The maximum atomic E-state index is 13.0. The third-order valence-corrected chi connectivity index (χ3v) is 4.36. The Bertz CT molecular complexity index is 967. The molecular weight excluding hydrogens is 303 g/mol. The molecule has 0 saturated heterocycles. The molecule has 0 spiro atoms. The van der Waals surface area contributed by atoms with E-state index < -0.39 is 0 Å². The first kappa shape index (κ1) is 13.1. The second kappa shape index (κ2) is 4.74. The van der Waals surface area contributed by atoms with Gasteiger partial charge in [-0.05, 0) is 44.2 Å². The first-order chi connectivity index (χ1) is 10.6. The molecule has 110 valence electrons. The molecule has 3 aromatic heterocycles. The number of halogens is 1. The van der Waals surface area contributed by atoms with Crippen LogP contribution in [0.25, 0.3) is 26.9 Å². The molecule has 0 saturated carbocycles. The van der Waals surface area contributed by atoms with Gasteiger partial charge in [-0.3, -0.25) is 0 Å². The van der Waals surface area contributed by atoms with E-state index in [1.54, 1.807) is 16.6 Å². The summed E-state index contributed by atoms with van der Waals surface area (Å²) in [5, 5.41) is 13.4. The van der Waals surface area contributed by atoms with E-state index in [0.29, 0.717) is 5.76 Å². The second-order valence-electron chi connectivity index (χ2n) is 4.94. The van der Waals surface area contributed by atoms with E-state index in [2.05, 4.69) is 15.3 Å². The molecule has 0 aliphatic heterocycles. The van der Waals surface area contributed by atoms with Crippen molar-refractivity contribution in [2.24, 2.45) is 0 Å². The summed E-state index contributed by atoms with van der Waals surface area (Å²) in [7, 11) is 0. The highest BCUT2D eigenvalue weighted by Crippen LogP contribution is 2.34. The summed E-state index contributed by atoms with van der Waals surface area (Å²) in [6.45, 7) is 3.74. The largest absolute Gasteiger partial charge is 0.461 e. The molecule has 4 rings (SSSR count). The molecule has 0 atom stereocenters. The molecule has 0 bridgehead atoms. The zero-order chi connectivity index (χ0) is 15.3. The van der Waals surface area contributed by atoms with E-state index in [4.69, 9.17) is 4.42 Å². The minimum Gasteiger partial charge on any atom is -0.461 e. The van der Waals surface area contributed by atoms with Gasteiger partial charge in [-0.15, -0.1) is 10.2 Å². The molecule has 0 aliphatic rings. The van der Waals surface area contributed by atoms with Gasteiger partial charge < -0.3 is 4.42 Å². The Morgan fingerprint density at radius 3 is 2.64 bits per heavy atom. The number of fused-ring (bicyclic) bond motifs is 1. The van der Waals surface area contributed by atoms with Gasteiger partial charge in [0.15, 0.2) is 10.8 Å². The number of hydrogen-bond donors (Lipinski definition) is 0. The van der Waals surface area contributed by atoms with Crippen LogP contribution in [0, 0.1) is 19.7 Å². The van der Waals surface area contributed by atoms with Crippen LogP contribution in [0.15, 0.2) is 34.7 Å². The highest BCUT2D eigenvalue weighted by molar-refractivity contribution is 7.19. The van der Waals surface area contributed by atoms with E-state index in [-0.39, 0.29) is 5.82 Å². The zero-order valence-corrected chi connectivity index (χ0v) is 12.7. The van der Waals surface area contributed by atoms with E-state index >= 15 is 0 Å². The topological polar surface area (TPSA) is 56.2 Å². The molecule has 7 heteroatoms. The van der Waals surface area contributed by atoms with Crippen molar-refractivity contribution in [2.75, 3.05) is 0 Å². The van der Waals surface area contributed by atoms with Gasteiger partial charge in [-0.1, -0.05) is 11.3 Å². The fourth-order valence-electron chi connectivity index (χ4n) is 2.27. The van der Waals surface area contributed by atoms with E-state index in [9.17, 15) is 4.39 Å². The van der Waals surface area contributed by atoms with Crippen LogP contribution in [0.5, 0.6) is 0 Å². The molecule has 1 aromatic carbocycles. The van der Waals surface area contributed by atoms with Gasteiger partial charge in [0.05, 0.1) is 5.56 Å². The van der Waals surface area contributed by atoms with E-state index in [0.717, 1.165) is 32.7 Å². The van der Waals surface area contributed by atoms with Gasteiger partial charge in [0.2, 0.25) is 4.96 Å². The van der Waals surface area contributed by atoms with Crippen molar-refractivity contribution in [3.8, 4) is 21.9 Å². The summed E-state index contributed by atoms with van der Waals surface area (Å²) >= 11 is 1.45. The fraction of sp³-hybridized carbons (Fsp3) is 0.133. The average Bonchev–Trinajstić information content (AvgIpc) is 3.16. The summed E-state index contributed by atoms with van der Waals surface area (Å²) in [5.41, 5.74) is 1.74. The molecule has 0 radical (unpaired) electrons. The minimum absolute atomic E-state index is 0.267. The molecule has 4 aromatic rings. The Balaban J connectivity index is 1.80. The van der Waals surface area contributed by atoms with Crippen LogP contribution in [0.3, 0.4) is 0 Å². The van der Waals surface area contributed by atoms with Crippen LogP contribution in [0.4, 0.5) is 4.39 Å². The molecule has 3 heterocycles. The van der Waals surface area contributed by atoms with Crippen molar-refractivity contribution in [1.82, 2.24) is 19.8 Å². The SMILES string of the molecule is Cc1oc(-c2ccc(F)cc2)cc1-c1nn2c(C)nnc2s1. The Kier molecular flexibility index (Phi) is 2.83. The first-order valence-corrected chi connectivity index (χ1v) is 7.49. The zero-order valence-electron chi connectivity index (χ0n) is 11.9.